The highest BCUT2D eigenvalue weighted by atomic mass is 16.5. The van der Waals surface area contributed by atoms with Crippen molar-refractivity contribution in [1.82, 2.24) is 0 Å². The highest BCUT2D eigenvalue weighted by Gasteiger charge is 2.23. The van der Waals surface area contributed by atoms with Crippen molar-refractivity contribution < 1.29 is 9.47 Å². The van der Waals surface area contributed by atoms with Gasteiger partial charge in [-0.25, -0.2) is 0 Å². The maximum absolute atomic E-state index is 6.05. The van der Waals surface area contributed by atoms with Crippen molar-refractivity contribution in [2.75, 3.05) is 0 Å². The molecule has 2 nitrogen and oxygen atoms in total. The van der Waals surface area contributed by atoms with Gasteiger partial charge in [-0.1, -0.05) is 24.3 Å². The highest BCUT2D eigenvalue weighted by Crippen LogP contribution is 2.50. The minimum absolute atomic E-state index is 0.895. The molecule has 5 rings (SSSR count). The first-order valence-corrected chi connectivity index (χ1v) is 6.62. The summed E-state index contributed by atoms with van der Waals surface area (Å²) in [6.45, 7) is 0. The molecule has 0 fully saturated rings. The topological polar surface area (TPSA) is 18.5 Å². The molecule has 0 saturated heterocycles. The Morgan fingerprint density at radius 1 is 0.650 bits per heavy atom. The summed E-state index contributed by atoms with van der Waals surface area (Å²) in [6, 6.07) is 16.4. The van der Waals surface area contributed by atoms with Crippen molar-refractivity contribution in [3.63, 3.8) is 0 Å². The predicted octanol–water partition coefficient (Wildman–Crippen LogP) is 4.98. The van der Waals surface area contributed by atoms with Gasteiger partial charge in [-0.3, -0.25) is 0 Å². The van der Waals surface area contributed by atoms with Crippen LogP contribution < -0.4 is 9.47 Å². The molecule has 20 heavy (non-hydrogen) atoms. The quantitative estimate of drug-likeness (QED) is 0.443. The number of hydrogen-bond acceptors (Lipinski definition) is 2. The molecule has 0 radical (unpaired) electrons. The van der Waals surface area contributed by atoms with Gasteiger partial charge in [0.15, 0.2) is 0 Å². The van der Waals surface area contributed by atoms with E-state index in [1.165, 1.54) is 11.1 Å². The second-order valence-electron chi connectivity index (χ2n) is 5.03. The molecule has 0 atom stereocenters. The number of rotatable bonds is 0. The van der Waals surface area contributed by atoms with Gasteiger partial charge >= 0.3 is 0 Å². The zero-order chi connectivity index (χ0) is 13.1. The van der Waals surface area contributed by atoms with Crippen molar-refractivity contribution in [2.24, 2.45) is 0 Å². The average molecular weight is 258 g/mol. The van der Waals surface area contributed by atoms with E-state index in [-0.39, 0.29) is 0 Å². The molecule has 2 aliphatic rings. The van der Waals surface area contributed by atoms with Gasteiger partial charge in [-0.05, 0) is 41.5 Å². The predicted molar refractivity (Wildman–Crippen MR) is 79.1 cm³/mol. The van der Waals surface area contributed by atoms with Crippen LogP contribution in [0.3, 0.4) is 0 Å². The van der Waals surface area contributed by atoms with E-state index in [0.717, 1.165) is 33.6 Å². The fourth-order valence-corrected chi connectivity index (χ4v) is 3.08. The molecule has 2 aliphatic heterocycles. The number of ether oxygens (including phenoxy) is 2. The van der Waals surface area contributed by atoms with Crippen molar-refractivity contribution in [3.8, 4) is 28.4 Å². The Bertz CT molecular complexity index is 907. The monoisotopic (exact) mass is 258 g/mol. The Morgan fingerprint density at radius 3 is 2.55 bits per heavy atom. The van der Waals surface area contributed by atoms with Gasteiger partial charge in [-0.2, -0.15) is 0 Å². The molecule has 2 heterocycles. The van der Waals surface area contributed by atoms with Gasteiger partial charge in [0.25, 0.3) is 0 Å². The summed E-state index contributed by atoms with van der Waals surface area (Å²) in [5.74, 6) is 2.71. The molecule has 94 valence electrons. The zero-order valence-corrected chi connectivity index (χ0v) is 10.6. The summed E-state index contributed by atoms with van der Waals surface area (Å²) in [6.07, 6.45) is 3.73. The fourth-order valence-electron chi connectivity index (χ4n) is 3.08. The van der Waals surface area contributed by atoms with E-state index >= 15 is 0 Å². The third kappa shape index (κ3) is 1.14. The van der Waals surface area contributed by atoms with Crippen LogP contribution in [-0.2, 0) is 0 Å². The standard InChI is InChI=1S/C18H10O2/c1-2-4-14-12(3-1)13-6-8-15-17-11(9-10-19-15)5-7-16(20-14)18(13)17/h1-10H. The van der Waals surface area contributed by atoms with Crippen LogP contribution in [-0.4, -0.2) is 0 Å². The first-order chi connectivity index (χ1) is 9.92. The largest absolute Gasteiger partial charge is 0.464 e. The summed E-state index contributed by atoms with van der Waals surface area (Å²) in [5, 5.41) is 2.28. The van der Waals surface area contributed by atoms with E-state index in [4.69, 9.17) is 9.47 Å². The van der Waals surface area contributed by atoms with E-state index < -0.39 is 0 Å². The Hall–Kier alpha value is -2.74. The van der Waals surface area contributed by atoms with E-state index in [1.807, 2.05) is 36.4 Å². The number of hydrogen-bond donors (Lipinski definition) is 0. The second-order valence-corrected chi connectivity index (χ2v) is 5.03. The lowest BCUT2D eigenvalue weighted by Crippen LogP contribution is -2.00. The minimum atomic E-state index is 0.895. The molecule has 0 unspecified atom stereocenters. The summed E-state index contributed by atoms with van der Waals surface area (Å²) in [7, 11) is 0. The van der Waals surface area contributed by atoms with Crippen LogP contribution in [0.1, 0.15) is 5.56 Å². The van der Waals surface area contributed by atoms with Crippen molar-refractivity contribution in [1.29, 1.82) is 0 Å². The zero-order valence-electron chi connectivity index (χ0n) is 10.6. The molecule has 0 amide bonds. The molecule has 0 bridgehead atoms. The van der Waals surface area contributed by atoms with E-state index in [0.29, 0.717) is 0 Å². The first kappa shape index (κ1) is 10.1. The molecular weight excluding hydrogens is 248 g/mol. The summed E-state index contributed by atoms with van der Waals surface area (Å²) < 4.78 is 11.7. The molecule has 0 spiro atoms. The Morgan fingerprint density at radius 2 is 1.55 bits per heavy atom. The third-order valence-electron chi connectivity index (χ3n) is 3.96. The van der Waals surface area contributed by atoms with Crippen molar-refractivity contribution in [3.05, 3.63) is 60.4 Å². The highest BCUT2D eigenvalue weighted by molar-refractivity contribution is 6.10. The normalized spacial score (nSPS) is 13.6. The van der Waals surface area contributed by atoms with Crippen LogP contribution in [0.2, 0.25) is 0 Å². The van der Waals surface area contributed by atoms with Crippen LogP contribution in [0.4, 0.5) is 0 Å². The molecule has 0 saturated carbocycles. The third-order valence-corrected chi connectivity index (χ3v) is 3.96. The smallest absolute Gasteiger partial charge is 0.136 e. The van der Waals surface area contributed by atoms with Gasteiger partial charge in [0.05, 0.1) is 6.26 Å². The molecular formula is C18H10O2. The maximum Gasteiger partial charge on any atom is 0.136 e. The van der Waals surface area contributed by atoms with Gasteiger partial charge in [0.1, 0.15) is 17.2 Å². The van der Waals surface area contributed by atoms with Crippen molar-refractivity contribution in [2.45, 2.75) is 0 Å². The van der Waals surface area contributed by atoms with Gasteiger partial charge in [-0.15, -0.1) is 0 Å². The number of benzene rings is 3. The van der Waals surface area contributed by atoms with Crippen LogP contribution in [0, 0.1) is 0 Å². The molecule has 2 heteroatoms. The minimum Gasteiger partial charge on any atom is -0.464 e. The van der Waals surface area contributed by atoms with E-state index in [9.17, 15) is 0 Å². The maximum atomic E-state index is 6.05. The second kappa shape index (κ2) is 3.42. The summed E-state index contributed by atoms with van der Waals surface area (Å²) >= 11 is 0. The lowest BCUT2D eigenvalue weighted by atomic mass is 9.91. The SMILES string of the molecule is C1=Cc2ccc3c4c(ccc(c24)O1)-c1ccccc1O3. The molecule has 0 N–H and O–H groups in total. The molecule has 3 aromatic carbocycles. The Labute approximate surface area is 115 Å². The van der Waals surface area contributed by atoms with Crippen molar-refractivity contribution >= 4 is 16.8 Å². The fraction of sp³-hybridized carbons (Fsp3) is 0. The van der Waals surface area contributed by atoms with Crippen LogP contribution in [0.15, 0.2) is 54.8 Å². The van der Waals surface area contributed by atoms with Crippen LogP contribution in [0.5, 0.6) is 17.2 Å². The summed E-state index contributed by atoms with van der Waals surface area (Å²) in [4.78, 5) is 0. The summed E-state index contributed by atoms with van der Waals surface area (Å²) in [5.41, 5.74) is 3.52. The average Bonchev–Trinajstić information content (AvgIpc) is 2.52. The van der Waals surface area contributed by atoms with E-state index in [2.05, 4.69) is 18.2 Å². The van der Waals surface area contributed by atoms with Crippen LogP contribution in [0.25, 0.3) is 28.0 Å². The molecule has 0 aromatic heterocycles. The van der Waals surface area contributed by atoms with E-state index in [1.54, 1.807) is 6.26 Å². The lowest BCUT2D eigenvalue weighted by Gasteiger charge is -2.24. The lowest BCUT2D eigenvalue weighted by molar-refractivity contribution is 0.480. The first-order valence-electron chi connectivity index (χ1n) is 6.62. The van der Waals surface area contributed by atoms with Gasteiger partial charge in [0.2, 0.25) is 0 Å². The Balaban J connectivity index is 2.01. The molecule has 0 aliphatic carbocycles. The Kier molecular flexibility index (Phi) is 1.73. The van der Waals surface area contributed by atoms with Crippen LogP contribution >= 0.6 is 0 Å². The molecule has 3 aromatic rings. The van der Waals surface area contributed by atoms with Gasteiger partial charge < -0.3 is 9.47 Å². The van der Waals surface area contributed by atoms with Gasteiger partial charge in [0, 0.05) is 16.3 Å². The number of fused-ring (bicyclic) bond motifs is 2. The number of para-hydroxylation sites is 1.